The van der Waals surface area contributed by atoms with Gasteiger partial charge in [-0.1, -0.05) is 49.6 Å². The van der Waals surface area contributed by atoms with Crippen LogP contribution >= 0.6 is 0 Å². The second-order valence-corrected chi connectivity index (χ2v) is 7.06. The maximum Gasteiger partial charge on any atom is 0.104 e. The average Bonchev–Trinajstić information content (AvgIpc) is 2.52. The van der Waals surface area contributed by atoms with E-state index in [0.29, 0.717) is 6.04 Å². The number of quaternary nitrogens is 1. The average molecular weight is 380 g/mol. The summed E-state index contributed by atoms with van der Waals surface area (Å²) >= 11 is 0. The Hall–Kier alpha value is -0.960. The zero-order valence-corrected chi connectivity index (χ0v) is 16.1. The van der Waals surface area contributed by atoms with Crippen LogP contribution in [0.25, 0.3) is 0 Å². The number of benzene rings is 1. The van der Waals surface area contributed by atoms with Gasteiger partial charge in [0.15, 0.2) is 0 Å². The molecule has 1 aliphatic rings. The van der Waals surface area contributed by atoms with Crippen LogP contribution in [0, 0.1) is 0 Å². The maximum absolute atomic E-state index is 4.46. The summed E-state index contributed by atoms with van der Waals surface area (Å²) in [4.78, 5) is 8.81. The highest BCUT2D eigenvalue weighted by Gasteiger charge is 2.14. The fraction of sp³-hybridized carbons (Fsp3) is 0.632. The van der Waals surface area contributed by atoms with Crippen LogP contribution in [-0.4, -0.2) is 43.7 Å². The Kier molecular flexibility index (Phi) is 9.39. The fourth-order valence-corrected chi connectivity index (χ4v) is 3.12. The predicted octanol–water partition coefficient (Wildman–Crippen LogP) is 1.16. The van der Waals surface area contributed by atoms with Crippen molar-refractivity contribution in [3.63, 3.8) is 0 Å². The van der Waals surface area contributed by atoms with Crippen molar-refractivity contribution in [1.29, 1.82) is 0 Å². The zero-order chi connectivity index (χ0) is 15.7. The van der Waals surface area contributed by atoms with Gasteiger partial charge in [0, 0.05) is 12.0 Å². The molecule has 2 rings (SSSR count). The Labute approximate surface area is 151 Å². The summed E-state index contributed by atoms with van der Waals surface area (Å²) in [6.07, 6.45) is 7.56. The van der Waals surface area contributed by atoms with E-state index in [1.807, 2.05) is 0 Å². The Balaban J connectivity index is 0.00000264. The summed E-state index contributed by atoms with van der Waals surface area (Å²) in [6.45, 7) is 3.04. The van der Waals surface area contributed by atoms with Crippen LogP contribution in [0.15, 0.2) is 40.3 Å². The SMILES string of the molecule is C[N+](C)(CCCN=C=NC1CCCCC1)Cc1ccccc1.[Br-]. The standard InChI is InChI=1S/C19H30N3.BrH/c1-22(2,16-18-10-5-3-6-11-18)15-9-14-20-17-21-19-12-7-4-8-13-19;/h3,5-6,10-11,19H,4,7-9,12-16H2,1-2H3;1H/q+1;/p-1. The summed E-state index contributed by atoms with van der Waals surface area (Å²) in [5.41, 5.74) is 1.40. The van der Waals surface area contributed by atoms with E-state index in [9.17, 15) is 0 Å². The molecule has 3 nitrogen and oxygen atoms in total. The molecule has 23 heavy (non-hydrogen) atoms. The van der Waals surface area contributed by atoms with Crippen molar-refractivity contribution in [3.05, 3.63) is 35.9 Å². The molecule has 0 N–H and O–H groups in total. The molecule has 0 heterocycles. The van der Waals surface area contributed by atoms with Gasteiger partial charge in [0.25, 0.3) is 0 Å². The van der Waals surface area contributed by atoms with E-state index < -0.39 is 0 Å². The number of halogens is 1. The van der Waals surface area contributed by atoms with Gasteiger partial charge in [-0.3, -0.25) is 0 Å². The van der Waals surface area contributed by atoms with E-state index in [2.05, 4.69) is 60.4 Å². The first kappa shape index (κ1) is 20.1. The first-order valence-electron chi connectivity index (χ1n) is 8.63. The highest BCUT2D eigenvalue weighted by Crippen LogP contribution is 2.19. The van der Waals surface area contributed by atoms with Crippen LogP contribution in [0.5, 0.6) is 0 Å². The van der Waals surface area contributed by atoms with Gasteiger partial charge in [-0.2, -0.15) is 0 Å². The minimum atomic E-state index is 0. The molecule has 4 heteroatoms. The van der Waals surface area contributed by atoms with Gasteiger partial charge < -0.3 is 21.5 Å². The molecule has 1 fully saturated rings. The lowest BCUT2D eigenvalue weighted by atomic mass is 9.96. The number of rotatable bonds is 7. The third kappa shape index (κ3) is 8.45. The van der Waals surface area contributed by atoms with Gasteiger partial charge >= 0.3 is 0 Å². The minimum Gasteiger partial charge on any atom is -1.00 e. The topological polar surface area (TPSA) is 24.7 Å². The largest absolute Gasteiger partial charge is 1.00 e. The summed E-state index contributed by atoms with van der Waals surface area (Å²) in [5, 5.41) is 0. The molecule has 1 aromatic carbocycles. The van der Waals surface area contributed by atoms with E-state index in [-0.39, 0.29) is 17.0 Å². The third-order valence-electron chi connectivity index (χ3n) is 4.37. The molecular weight excluding hydrogens is 350 g/mol. The maximum atomic E-state index is 4.46. The molecule has 1 saturated carbocycles. The Bertz CT molecular complexity index is 487. The molecule has 0 spiro atoms. The van der Waals surface area contributed by atoms with Crippen LogP contribution < -0.4 is 17.0 Å². The molecule has 0 amide bonds. The molecule has 0 unspecified atom stereocenters. The molecule has 0 aromatic heterocycles. The van der Waals surface area contributed by atoms with Crippen molar-refractivity contribution in [2.75, 3.05) is 27.2 Å². The molecule has 0 bridgehead atoms. The quantitative estimate of drug-likeness (QED) is 0.385. The molecule has 1 aromatic rings. The van der Waals surface area contributed by atoms with Crippen LogP contribution in [0.1, 0.15) is 44.1 Å². The Morgan fingerprint density at radius 2 is 1.78 bits per heavy atom. The Morgan fingerprint density at radius 1 is 1.09 bits per heavy atom. The summed E-state index contributed by atoms with van der Waals surface area (Å²) in [6, 6.07) is 14.1. The number of nitrogens with zero attached hydrogens (tertiary/aromatic N) is 3. The van der Waals surface area contributed by atoms with Crippen LogP contribution in [-0.2, 0) is 6.54 Å². The van der Waals surface area contributed by atoms with E-state index in [1.54, 1.807) is 0 Å². The van der Waals surface area contributed by atoms with E-state index in [0.717, 1.165) is 30.5 Å². The highest BCUT2D eigenvalue weighted by molar-refractivity contribution is 5.41. The summed E-state index contributed by atoms with van der Waals surface area (Å²) < 4.78 is 0.999. The van der Waals surface area contributed by atoms with Crippen molar-refractivity contribution in [1.82, 2.24) is 0 Å². The van der Waals surface area contributed by atoms with Crippen molar-refractivity contribution in [2.24, 2.45) is 9.98 Å². The normalized spacial score (nSPS) is 15.4. The summed E-state index contributed by atoms with van der Waals surface area (Å²) in [5.74, 6) is 0. The van der Waals surface area contributed by atoms with Crippen LogP contribution in [0.4, 0.5) is 0 Å². The first-order valence-corrected chi connectivity index (χ1v) is 8.63. The van der Waals surface area contributed by atoms with Crippen molar-refractivity contribution in [3.8, 4) is 0 Å². The Morgan fingerprint density at radius 3 is 2.48 bits per heavy atom. The van der Waals surface area contributed by atoms with Gasteiger partial charge in [-0.25, -0.2) is 9.98 Å². The lowest BCUT2D eigenvalue weighted by Gasteiger charge is -2.29. The van der Waals surface area contributed by atoms with Crippen molar-refractivity contribution in [2.45, 2.75) is 51.1 Å². The molecule has 128 valence electrons. The second-order valence-electron chi connectivity index (χ2n) is 7.06. The van der Waals surface area contributed by atoms with Gasteiger partial charge in [0.2, 0.25) is 0 Å². The van der Waals surface area contributed by atoms with Gasteiger partial charge in [-0.15, -0.1) is 0 Å². The van der Waals surface area contributed by atoms with Crippen molar-refractivity contribution >= 4 is 6.01 Å². The third-order valence-corrected chi connectivity index (χ3v) is 4.37. The molecule has 0 aliphatic heterocycles. The molecule has 1 aliphatic carbocycles. The molecule has 0 atom stereocenters. The number of hydrogen-bond donors (Lipinski definition) is 0. The van der Waals surface area contributed by atoms with Crippen molar-refractivity contribution < 1.29 is 21.5 Å². The van der Waals surface area contributed by atoms with Crippen LogP contribution in [0.3, 0.4) is 0 Å². The van der Waals surface area contributed by atoms with E-state index in [1.165, 1.54) is 37.7 Å². The smallest absolute Gasteiger partial charge is 0.104 e. The molecule has 0 saturated heterocycles. The lowest BCUT2D eigenvalue weighted by molar-refractivity contribution is -0.903. The lowest BCUT2D eigenvalue weighted by Crippen LogP contribution is -3.00. The van der Waals surface area contributed by atoms with Gasteiger partial charge in [0.05, 0.1) is 39.2 Å². The van der Waals surface area contributed by atoms with E-state index >= 15 is 0 Å². The number of aliphatic imine (C=N–C) groups is 2. The first-order chi connectivity index (χ1) is 10.7. The van der Waals surface area contributed by atoms with Crippen LogP contribution in [0.2, 0.25) is 0 Å². The number of hydrogen-bond acceptors (Lipinski definition) is 2. The van der Waals surface area contributed by atoms with E-state index in [4.69, 9.17) is 0 Å². The summed E-state index contributed by atoms with van der Waals surface area (Å²) in [7, 11) is 4.57. The monoisotopic (exact) mass is 379 g/mol. The molecular formula is C19H30BrN3. The second kappa shape index (κ2) is 10.7. The zero-order valence-electron chi connectivity index (χ0n) is 14.5. The highest BCUT2D eigenvalue weighted by atomic mass is 79.9. The fourth-order valence-electron chi connectivity index (χ4n) is 3.12. The van der Waals surface area contributed by atoms with Gasteiger partial charge in [-0.05, 0) is 12.8 Å². The predicted molar refractivity (Wildman–Crippen MR) is 93.3 cm³/mol. The van der Waals surface area contributed by atoms with Gasteiger partial charge in [0.1, 0.15) is 6.54 Å². The minimum absolute atomic E-state index is 0. The molecule has 0 radical (unpaired) electrons.